The summed E-state index contributed by atoms with van der Waals surface area (Å²) < 4.78 is 69.2. The Morgan fingerprint density at radius 2 is 1.57 bits per heavy atom. The van der Waals surface area contributed by atoms with Crippen molar-refractivity contribution in [3.63, 3.8) is 0 Å². The van der Waals surface area contributed by atoms with Gasteiger partial charge in [0.05, 0.1) is 16.1 Å². The van der Waals surface area contributed by atoms with Gasteiger partial charge >= 0.3 is 6.18 Å². The number of nitrogens with zero attached hydrogens (tertiary/aromatic N) is 2. The lowest BCUT2D eigenvalue weighted by Gasteiger charge is -2.33. The van der Waals surface area contributed by atoms with E-state index in [1.165, 1.54) is 30.0 Å². The molecule has 0 radical (unpaired) electrons. The molecule has 3 aromatic carbocycles. The van der Waals surface area contributed by atoms with Gasteiger partial charge in [-0.25, -0.2) is 8.42 Å². The molecule has 0 unspecified atom stereocenters. The average molecular weight is 604 g/mol. The van der Waals surface area contributed by atoms with Crippen molar-refractivity contribution in [1.29, 1.82) is 0 Å². The molecule has 0 fully saturated rings. The van der Waals surface area contributed by atoms with Gasteiger partial charge < -0.3 is 10.2 Å². The molecule has 0 saturated heterocycles. The molecule has 1 N–H and O–H groups in total. The molecule has 3 aromatic rings. The van der Waals surface area contributed by atoms with Crippen LogP contribution >= 0.6 is 0 Å². The zero-order valence-electron chi connectivity index (χ0n) is 24.3. The number of benzene rings is 3. The van der Waals surface area contributed by atoms with Crippen LogP contribution in [0, 0.1) is 13.8 Å². The molecule has 0 aliphatic rings. The zero-order valence-corrected chi connectivity index (χ0v) is 25.1. The van der Waals surface area contributed by atoms with Crippen LogP contribution in [0.5, 0.6) is 0 Å². The number of nitrogens with one attached hydrogen (secondary N) is 1. The van der Waals surface area contributed by atoms with E-state index >= 15 is 0 Å². The van der Waals surface area contributed by atoms with E-state index in [4.69, 9.17) is 0 Å². The van der Waals surface area contributed by atoms with Crippen LogP contribution in [0.2, 0.25) is 0 Å². The molecule has 0 heterocycles. The molecule has 0 aromatic heterocycles. The second kappa shape index (κ2) is 13.4. The number of aryl methyl sites for hydroxylation is 2. The van der Waals surface area contributed by atoms with Gasteiger partial charge in [0.25, 0.3) is 10.0 Å². The van der Waals surface area contributed by atoms with E-state index in [0.717, 1.165) is 28.8 Å². The van der Waals surface area contributed by atoms with Gasteiger partial charge in [0.15, 0.2) is 0 Å². The minimum absolute atomic E-state index is 0.0123. The first-order chi connectivity index (χ1) is 19.6. The number of alkyl halides is 3. The summed E-state index contributed by atoms with van der Waals surface area (Å²) in [7, 11) is -4.49. The number of carbonyl (C=O) groups is 2. The summed E-state index contributed by atoms with van der Waals surface area (Å²) in [5.41, 5.74) is 0.981. The van der Waals surface area contributed by atoms with E-state index in [2.05, 4.69) is 5.32 Å². The molecule has 7 nitrogen and oxygen atoms in total. The minimum Gasteiger partial charge on any atom is -0.352 e. The van der Waals surface area contributed by atoms with Crippen molar-refractivity contribution >= 4 is 27.5 Å². The minimum atomic E-state index is -4.74. The fraction of sp³-hybridized carbons (Fsp3) is 0.355. The second-order valence-corrected chi connectivity index (χ2v) is 12.2. The van der Waals surface area contributed by atoms with E-state index in [9.17, 15) is 31.2 Å². The quantitative estimate of drug-likeness (QED) is 0.298. The highest BCUT2D eigenvalue weighted by molar-refractivity contribution is 7.92. The summed E-state index contributed by atoms with van der Waals surface area (Å²) in [4.78, 5) is 28.2. The van der Waals surface area contributed by atoms with Crippen LogP contribution in [0.3, 0.4) is 0 Å². The van der Waals surface area contributed by atoms with E-state index < -0.39 is 46.2 Å². The number of rotatable bonds is 11. The van der Waals surface area contributed by atoms with Crippen LogP contribution in [-0.2, 0) is 32.3 Å². The molecule has 11 heteroatoms. The highest BCUT2D eigenvalue weighted by Gasteiger charge is 2.35. The summed E-state index contributed by atoms with van der Waals surface area (Å²) in [6, 6.07) is 15.7. The van der Waals surface area contributed by atoms with Gasteiger partial charge in [-0.05, 0) is 75.6 Å². The lowest BCUT2D eigenvalue weighted by molar-refractivity contribution is -0.139. The Kier molecular flexibility index (Phi) is 10.4. The monoisotopic (exact) mass is 603 g/mol. The van der Waals surface area contributed by atoms with Crippen molar-refractivity contribution in [2.75, 3.05) is 10.8 Å². The summed E-state index contributed by atoms with van der Waals surface area (Å²) in [6.07, 6.45) is -4.08. The number of sulfonamides is 1. The largest absolute Gasteiger partial charge is 0.416 e. The smallest absolute Gasteiger partial charge is 0.352 e. The zero-order chi connectivity index (χ0) is 31.2. The van der Waals surface area contributed by atoms with Gasteiger partial charge in [0.1, 0.15) is 12.6 Å². The lowest BCUT2D eigenvalue weighted by Crippen LogP contribution is -2.52. The van der Waals surface area contributed by atoms with E-state index in [1.807, 2.05) is 32.9 Å². The Labute approximate surface area is 245 Å². The van der Waals surface area contributed by atoms with E-state index in [-0.39, 0.29) is 23.2 Å². The van der Waals surface area contributed by atoms with Crippen LogP contribution in [0.4, 0.5) is 18.9 Å². The van der Waals surface area contributed by atoms with Gasteiger partial charge in [-0.3, -0.25) is 13.9 Å². The van der Waals surface area contributed by atoms with Crippen molar-refractivity contribution in [3.05, 3.63) is 95.1 Å². The summed E-state index contributed by atoms with van der Waals surface area (Å²) in [5, 5.41) is 2.85. The van der Waals surface area contributed by atoms with Crippen LogP contribution < -0.4 is 9.62 Å². The molecular weight excluding hydrogens is 567 g/mol. The molecule has 0 spiro atoms. The van der Waals surface area contributed by atoms with Crippen molar-refractivity contribution in [2.45, 2.75) is 70.7 Å². The number of hydrogen-bond donors (Lipinski definition) is 1. The molecule has 2 amide bonds. The predicted molar refractivity (Wildman–Crippen MR) is 156 cm³/mol. The molecule has 0 saturated carbocycles. The molecule has 226 valence electrons. The van der Waals surface area contributed by atoms with Gasteiger partial charge in [0.2, 0.25) is 11.8 Å². The average Bonchev–Trinajstić information content (AvgIpc) is 2.94. The first-order valence-corrected chi connectivity index (χ1v) is 15.0. The fourth-order valence-corrected chi connectivity index (χ4v) is 5.63. The Balaban J connectivity index is 2.10. The Morgan fingerprint density at radius 3 is 2.17 bits per heavy atom. The molecule has 0 aliphatic carbocycles. The van der Waals surface area contributed by atoms with Crippen molar-refractivity contribution < 1.29 is 31.2 Å². The van der Waals surface area contributed by atoms with Crippen molar-refractivity contribution in [1.82, 2.24) is 10.2 Å². The molecule has 0 bridgehead atoms. The predicted octanol–water partition coefficient (Wildman–Crippen LogP) is 5.85. The van der Waals surface area contributed by atoms with Crippen LogP contribution in [0.25, 0.3) is 0 Å². The number of carbonyl (C=O) groups excluding carboxylic acids is 2. The Bertz CT molecular complexity index is 1510. The Morgan fingerprint density at radius 1 is 0.929 bits per heavy atom. The third-order valence-electron chi connectivity index (χ3n) is 7.12. The number of anilines is 1. The molecular formula is C31H36F3N3O4S. The number of hydrogen-bond acceptors (Lipinski definition) is 4. The molecule has 0 aliphatic heterocycles. The lowest BCUT2D eigenvalue weighted by atomic mass is 10.1. The second-order valence-electron chi connectivity index (χ2n) is 10.3. The van der Waals surface area contributed by atoms with Crippen LogP contribution in [0.15, 0.2) is 77.7 Å². The number of amides is 2. The summed E-state index contributed by atoms with van der Waals surface area (Å²) >= 11 is 0. The highest BCUT2D eigenvalue weighted by Crippen LogP contribution is 2.33. The fourth-order valence-electron chi connectivity index (χ4n) is 4.22. The standard InChI is InChI=1S/C31H36F3N3O4S/c1-6-23(4)35-30(39)24(5)36(19-25-11-8-7-10-22(25)3)29(38)20-37(27-13-9-12-26(18-27)31(32,33)34)42(40,41)28-16-14-21(2)15-17-28/h7-18,23-24H,6,19-20H2,1-5H3,(H,35,39)/t23-,24-/m1/s1. The van der Waals surface area contributed by atoms with E-state index in [1.54, 1.807) is 31.2 Å². The molecule has 3 rings (SSSR count). The van der Waals surface area contributed by atoms with Gasteiger partial charge in [-0.1, -0.05) is 55.0 Å². The van der Waals surface area contributed by atoms with E-state index in [0.29, 0.717) is 16.8 Å². The van der Waals surface area contributed by atoms with Gasteiger partial charge in [0, 0.05) is 12.6 Å². The first kappa shape index (κ1) is 32.7. The van der Waals surface area contributed by atoms with Crippen molar-refractivity contribution in [2.24, 2.45) is 0 Å². The SMILES string of the molecule is CC[C@@H](C)NC(=O)[C@@H](C)N(Cc1ccccc1C)C(=O)CN(c1cccc(C(F)(F)F)c1)S(=O)(=O)c1ccc(C)cc1. The van der Waals surface area contributed by atoms with Gasteiger partial charge in [-0.15, -0.1) is 0 Å². The maximum Gasteiger partial charge on any atom is 0.416 e. The topological polar surface area (TPSA) is 86.8 Å². The Hall–Kier alpha value is -3.86. The normalized spacial score (nSPS) is 13.2. The maximum atomic E-state index is 14.0. The molecule has 2 atom stereocenters. The highest BCUT2D eigenvalue weighted by atomic mass is 32.2. The third-order valence-corrected chi connectivity index (χ3v) is 8.91. The van der Waals surface area contributed by atoms with Crippen LogP contribution in [-0.4, -0.2) is 43.8 Å². The number of halogens is 3. The van der Waals surface area contributed by atoms with Crippen molar-refractivity contribution in [3.8, 4) is 0 Å². The molecule has 42 heavy (non-hydrogen) atoms. The van der Waals surface area contributed by atoms with Gasteiger partial charge in [-0.2, -0.15) is 13.2 Å². The summed E-state index contributed by atoms with van der Waals surface area (Å²) in [5.74, 6) is -1.18. The maximum absolute atomic E-state index is 14.0. The van der Waals surface area contributed by atoms with Crippen LogP contribution in [0.1, 0.15) is 49.4 Å². The first-order valence-electron chi connectivity index (χ1n) is 13.6. The summed E-state index contributed by atoms with van der Waals surface area (Å²) in [6.45, 7) is 8.03. The third kappa shape index (κ3) is 7.90.